The van der Waals surface area contributed by atoms with E-state index in [-0.39, 0.29) is 6.10 Å². The lowest BCUT2D eigenvalue weighted by Gasteiger charge is -2.34. The molecule has 1 saturated carbocycles. The van der Waals surface area contributed by atoms with E-state index < -0.39 is 0 Å². The number of morpholine rings is 1. The quantitative estimate of drug-likeness (QED) is 0.907. The predicted octanol–water partition coefficient (Wildman–Crippen LogP) is 2.49. The van der Waals surface area contributed by atoms with E-state index in [1.165, 1.54) is 47.8 Å². The third-order valence-corrected chi connectivity index (χ3v) is 6.11. The van der Waals surface area contributed by atoms with Crippen LogP contribution in [0, 0.1) is 0 Å². The fourth-order valence-corrected chi connectivity index (χ4v) is 4.59. The van der Waals surface area contributed by atoms with Crippen molar-refractivity contribution in [2.24, 2.45) is 0 Å². The van der Waals surface area contributed by atoms with Crippen LogP contribution in [0.1, 0.15) is 54.3 Å². The number of aromatic nitrogens is 1. The number of fused-ring (bicyclic) bond motifs is 1. The summed E-state index contributed by atoms with van der Waals surface area (Å²) in [4.78, 5) is 8.91. The zero-order chi connectivity index (χ0) is 14.2. The predicted molar refractivity (Wildman–Crippen MR) is 84.6 cm³/mol. The largest absolute Gasteiger partial charge is 0.368 e. The Morgan fingerprint density at radius 3 is 3.10 bits per heavy atom. The van der Waals surface area contributed by atoms with Gasteiger partial charge in [0.15, 0.2) is 0 Å². The molecule has 2 aliphatic heterocycles. The highest BCUT2D eigenvalue weighted by Gasteiger charge is 2.34. The van der Waals surface area contributed by atoms with Gasteiger partial charge in [0.25, 0.3) is 0 Å². The zero-order valence-electron chi connectivity index (χ0n) is 12.8. The fourth-order valence-electron chi connectivity index (χ4n) is 3.45. The first-order valence-electron chi connectivity index (χ1n) is 8.41. The molecule has 3 aliphatic rings. The third-order valence-electron chi connectivity index (χ3n) is 4.92. The maximum absolute atomic E-state index is 6.11. The molecular weight excluding hydrogens is 282 g/mol. The smallest absolute Gasteiger partial charge is 0.123 e. The van der Waals surface area contributed by atoms with E-state index in [4.69, 9.17) is 9.72 Å². The molecule has 2 saturated heterocycles. The third kappa shape index (κ3) is 3.02. The molecule has 3 heterocycles. The van der Waals surface area contributed by atoms with E-state index in [1.54, 1.807) is 0 Å². The molecule has 3 fully saturated rings. The van der Waals surface area contributed by atoms with Crippen molar-refractivity contribution >= 4 is 11.3 Å². The van der Waals surface area contributed by atoms with Gasteiger partial charge >= 0.3 is 0 Å². The molecule has 2 unspecified atom stereocenters. The van der Waals surface area contributed by atoms with Gasteiger partial charge in [-0.25, -0.2) is 4.98 Å². The van der Waals surface area contributed by atoms with Crippen LogP contribution in [0.2, 0.25) is 0 Å². The summed E-state index contributed by atoms with van der Waals surface area (Å²) in [5.41, 5.74) is 1.27. The topological polar surface area (TPSA) is 37.4 Å². The summed E-state index contributed by atoms with van der Waals surface area (Å²) < 4.78 is 6.11. The second kappa shape index (κ2) is 5.95. The van der Waals surface area contributed by atoms with Gasteiger partial charge in [0.05, 0.1) is 12.3 Å². The number of hydrogen-bond donors (Lipinski definition) is 1. The first-order valence-corrected chi connectivity index (χ1v) is 9.22. The highest BCUT2D eigenvalue weighted by Crippen LogP contribution is 2.33. The highest BCUT2D eigenvalue weighted by atomic mass is 32.1. The van der Waals surface area contributed by atoms with Crippen molar-refractivity contribution < 1.29 is 4.74 Å². The minimum Gasteiger partial charge on any atom is -0.368 e. The molecule has 0 aromatic carbocycles. The molecule has 0 amide bonds. The lowest BCUT2D eigenvalue weighted by Crippen LogP contribution is -2.42. The molecule has 1 aliphatic carbocycles. The number of rotatable bonds is 5. The molecule has 116 valence electrons. The highest BCUT2D eigenvalue weighted by molar-refractivity contribution is 7.11. The molecule has 1 aromatic rings. The molecule has 4 rings (SSSR count). The van der Waals surface area contributed by atoms with Crippen LogP contribution < -0.4 is 5.32 Å². The van der Waals surface area contributed by atoms with Crippen molar-refractivity contribution in [2.45, 2.75) is 63.8 Å². The number of hydrogen-bond acceptors (Lipinski definition) is 5. The fraction of sp³-hybridized carbons (Fsp3) is 0.812. The Balaban J connectivity index is 1.46. The minimum atomic E-state index is 0.198. The summed E-state index contributed by atoms with van der Waals surface area (Å²) in [7, 11) is 0. The molecule has 0 spiro atoms. The average molecular weight is 307 g/mol. The Kier molecular flexibility index (Phi) is 4.00. The number of nitrogens with one attached hydrogen (secondary N) is 1. The minimum absolute atomic E-state index is 0.198. The first kappa shape index (κ1) is 14.1. The Morgan fingerprint density at radius 2 is 2.29 bits per heavy atom. The number of nitrogens with zero attached hydrogens (tertiary/aromatic N) is 2. The van der Waals surface area contributed by atoms with Gasteiger partial charge in [-0.1, -0.05) is 6.92 Å². The van der Waals surface area contributed by atoms with Gasteiger partial charge in [0.1, 0.15) is 11.1 Å². The van der Waals surface area contributed by atoms with Crippen LogP contribution in [0.4, 0.5) is 0 Å². The first-order chi connectivity index (χ1) is 10.3. The normalized spacial score (nSPS) is 29.8. The molecule has 5 heteroatoms. The van der Waals surface area contributed by atoms with Crippen molar-refractivity contribution in [1.82, 2.24) is 15.2 Å². The summed E-state index contributed by atoms with van der Waals surface area (Å²) in [5.74, 6) is 0. The van der Waals surface area contributed by atoms with Crippen LogP contribution in [-0.2, 0) is 17.7 Å². The summed E-state index contributed by atoms with van der Waals surface area (Å²) in [6.07, 6.45) is 6.54. The van der Waals surface area contributed by atoms with E-state index >= 15 is 0 Å². The molecule has 4 nitrogen and oxygen atoms in total. The van der Waals surface area contributed by atoms with Crippen molar-refractivity contribution in [3.63, 3.8) is 0 Å². The molecule has 1 N–H and O–H groups in total. The number of aryl methyl sites for hydroxylation is 1. The Hall–Kier alpha value is -0.490. The van der Waals surface area contributed by atoms with E-state index in [1.807, 2.05) is 11.3 Å². The Bertz CT molecular complexity index is 500. The van der Waals surface area contributed by atoms with E-state index in [2.05, 4.69) is 17.1 Å². The van der Waals surface area contributed by atoms with Gasteiger partial charge in [0, 0.05) is 30.1 Å². The second-order valence-corrected chi connectivity index (χ2v) is 7.66. The van der Waals surface area contributed by atoms with Crippen LogP contribution in [-0.4, -0.2) is 41.7 Å². The molecule has 0 bridgehead atoms. The van der Waals surface area contributed by atoms with Crippen LogP contribution in [0.5, 0.6) is 0 Å². The van der Waals surface area contributed by atoms with Gasteiger partial charge in [-0.05, 0) is 38.6 Å². The molecule has 2 atom stereocenters. The van der Waals surface area contributed by atoms with Crippen LogP contribution >= 0.6 is 11.3 Å². The lowest BCUT2D eigenvalue weighted by molar-refractivity contribution is -0.0502. The number of ether oxygens (including phenoxy) is 1. The Morgan fingerprint density at radius 1 is 1.38 bits per heavy atom. The van der Waals surface area contributed by atoms with Gasteiger partial charge in [-0.3, -0.25) is 4.90 Å². The standard InChI is InChI=1S/C16H25N3OS/c1-2-13-15(8-17-11-5-6-11)21-16(18-13)14-9-19-7-3-4-12(19)10-20-14/h11-12,14,17H,2-10H2,1H3. The van der Waals surface area contributed by atoms with Crippen molar-refractivity contribution in [1.29, 1.82) is 0 Å². The van der Waals surface area contributed by atoms with Crippen molar-refractivity contribution in [2.75, 3.05) is 19.7 Å². The summed E-state index contributed by atoms with van der Waals surface area (Å²) in [6.45, 7) is 6.37. The number of thiazole rings is 1. The van der Waals surface area contributed by atoms with Crippen molar-refractivity contribution in [3.8, 4) is 0 Å². The maximum atomic E-state index is 6.11. The van der Waals surface area contributed by atoms with Gasteiger partial charge < -0.3 is 10.1 Å². The monoisotopic (exact) mass is 307 g/mol. The van der Waals surface area contributed by atoms with E-state index in [0.29, 0.717) is 6.04 Å². The van der Waals surface area contributed by atoms with Crippen LogP contribution in [0.15, 0.2) is 0 Å². The van der Waals surface area contributed by atoms with E-state index in [0.717, 1.165) is 32.2 Å². The van der Waals surface area contributed by atoms with Gasteiger partial charge in [0.2, 0.25) is 0 Å². The summed E-state index contributed by atoms with van der Waals surface area (Å²) in [6, 6.07) is 1.43. The average Bonchev–Trinajstić information content (AvgIpc) is 3.07. The Labute approximate surface area is 130 Å². The lowest BCUT2D eigenvalue weighted by atomic mass is 10.2. The SMILES string of the molecule is CCc1nc(C2CN3CCCC3CO2)sc1CNC1CC1. The van der Waals surface area contributed by atoms with Crippen LogP contribution in [0.25, 0.3) is 0 Å². The van der Waals surface area contributed by atoms with Gasteiger partial charge in [-0.2, -0.15) is 0 Å². The van der Waals surface area contributed by atoms with Crippen molar-refractivity contribution in [3.05, 3.63) is 15.6 Å². The summed E-state index contributed by atoms with van der Waals surface area (Å²) >= 11 is 1.87. The maximum Gasteiger partial charge on any atom is 0.123 e. The van der Waals surface area contributed by atoms with Crippen LogP contribution in [0.3, 0.4) is 0 Å². The molecular formula is C16H25N3OS. The molecule has 21 heavy (non-hydrogen) atoms. The molecule has 0 radical (unpaired) electrons. The molecule has 1 aromatic heterocycles. The van der Waals surface area contributed by atoms with E-state index in [9.17, 15) is 0 Å². The summed E-state index contributed by atoms with van der Waals surface area (Å²) in [5, 5.41) is 4.82. The zero-order valence-corrected chi connectivity index (χ0v) is 13.6. The second-order valence-electron chi connectivity index (χ2n) is 6.54. The van der Waals surface area contributed by atoms with Gasteiger partial charge in [-0.15, -0.1) is 11.3 Å².